The van der Waals surface area contributed by atoms with Crippen molar-refractivity contribution in [2.45, 2.75) is 6.61 Å². The minimum absolute atomic E-state index is 0.0827. The summed E-state index contributed by atoms with van der Waals surface area (Å²) in [5.74, 6) is -0.596. The standard InChI is InChI=1S/C26H21ClN2O6/c1-33-22-14-21(23(34-2)13-20(22)27)29-25(31)19(24(30)28-26(29)32)12-16-8-10-18(11-9-16)35-15-17-6-4-3-5-7-17/h3-14H,15H2,1-2H3,(H,28,30,32). The number of methoxy groups -OCH3 is 2. The number of amides is 4. The van der Waals surface area contributed by atoms with Crippen molar-refractivity contribution in [3.05, 3.63) is 88.5 Å². The molecule has 0 aliphatic carbocycles. The molecule has 3 aromatic carbocycles. The largest absolute Gasteiger partial charge is 0.495 e. The molecule has 0 aromatic heterocycles. The van der Waals surface area contributed by atoms with Crippen LogP contribution in [0.1, 0.15) is 11.1 Å². The van der Waals surface area contributed by atoms with Gasteiger partial charge in [0.15, 0.2) is 0 Å². The molecule has 8 nitrogen and oxygen atoms in total. The molecule has 0 saturated carbocycles. The number of nitrogens with zero attached hydrogens (tertiary/aromatic N) is 1. The van der Waals surface area contributed by atoms with Crippen LogP contribution in [-0.2, 0) is 16.2 Å². The number of carbonyl (C=O) groups is 3. The Morgan fingerprint density at radius 1 is 0.914 bits per heavy atom. The van der Waals surface area contributed by atoms with Gasteiger partial charge in [0.2, 0.25) is 0 Å². The molecule has 0 radical (unpaired) electrons. The van der Waals surface area contributed by atoms with Crippen molar-refractivity contribution in [2.24, 2.45) is 0 Å². The molecule has 35 heavy (non-hydrogen) atoms. The van der Waals surface area contributed by atoms with Crippen molar-refractivity contribution >= 4 is 41.2 Å². The van der Waals surface area contributed by atoms with Crippen molar-refractivity contribution in [1.29, 1.82) is 0 Å². The molecular weight excluding hydrogens is 472 g/mol. The first kappa shape index (κ1) is 23.8. The minimum Gasteiger partial charge on any atom is -0.495 e. The lowest BCUT2D eigenvalue weighted by Crippen LogP contribution is -2.54. The molecule has 178 valence electrons. The summed E-state index contributed by atoms with van der Waals surface area (Å²) in [6.07, 6.45) is 1.40. The molecule has 4 amide bonds. The summed E-state index contributed by atoms with van der Waals surface area (Å²) < 4.78 is 16.3. The second-order valence-corrected chi connectivity index (χ2v) is 7.87. The van der Waals surface area contributed by atoms with Crippen molar-refractivity contribution in [2.75, 3.05) is 19.1 Å². The molecule has 0 atom stereocenters. The van der Waals surface area contributed by atoms with Crippen molar-refractivity contribution in [1.82, 2.24) is 5.32 Å². The van der Waals surface area contributed by atoms with Crippen LogP contribution < -0.4 is 24.4 Å². The van der Waals surface area contributed by atoms with Crippen LogP contribution in [0.3, 0.4) is 0 Å². The van der Waals surface area contributed by atoms with E-state index in [0.717, 1.165) is 10.5 Å². The van der Waals surface area contributed by atoms with Crippen LogP contribution >= 0.6 is 11.6 Å². The van der Waals surface area contributed by atoms with Crippen LogP contribution in [0, 0.1) is 0 Å². The third-order valence-electron chi connectivity index (χ3n) is 5.24. The van der Waals surface area contributed by atoms with Crippen LogP contribution in [-0.4, -0.2) is 32.1 Å². The second kappa shape index (κ2) is 10.3. The Kier molecular flexibility index (Phi) is 7.03. The van der Waals surface area contributed by atoms with Crippen molar-refractivity contribution < 1.29 is 28.6 Å². The highest BCUT2D eigenvalue weighted by molar-refractivity contribution is 6.39. The maximum atomic E-state index is 13.3. The average molecular weight is 493 g/mol. The number of ether oxygens (including phenoxy) is 3. The number of imide groups is 2. The van der Waals surface area contributed by atoms with Gasteiger partial charge in [-0.05, 0) is 29.3 Å². The Bertz CT molecular complexity index is 1310. The fourth-order valence-corrected chi connectivity index (χ4v) is 3.69. The quantitative estimate of drug-likeness (QED) is 0.382. The van der Waals surface area contributed by atoms with Gasteiger partial charge < -0.3 is 14.2 Å². The number of hydrogen-bond donors (Lipinski definition) is 1. The first-order valence-corrected chi connectivity index (χ1v) is 10.9. The molecule has 0 unspecified atom stereocenters. The van der Waals surface area contributed by atoms with E-state index in [4.69, 9.17) is 25.8 Å². The number of rotatable bonds is 7. The lowest BCUT2D eigenvalue weighted by atomic mass is 10.1. The van der Waals surface area contributed by atoms with Crippen molar-refractivity contribution in [3.8, 4) is 17.2 Å². The second-order valence-electron chi connectivity index (χ2n) is 7.46. The highest BCUT2D eigenvalue weighted by Crippen LogP contribution is 2.39. The van der Waals surface area contributed by atoms with Gasteiger partial charge in [0, 0.05) is 12.1 Å². The van der Waals surface area contributed by atoms with Crippen LogP contribution in [0.2, 0.25) is 5.02 Å². The number of anilines is 1. The normalized spacial score (nSPS) is 14.7. The summed E-state index contributed by atoms with van der Waals surface area (Å²) in [4.78, 5) is 39.2. The van der Waals surface area contributed by atoms with Gasteiger partial charge in [-0.2, -0.15) is 0 Å². The molecule has 4 rings (SSSR count). The smallest absolute Gasteiger partial charge is 0.336 e. The van der Waals surface area contributed by atoms with Gasteiger partial charge in [0.05, 0.1) is 24.9 Å². The number of benzene rings is 3. The number of urea groups is 1. The van der Waals surface area contributed by atoms with E-state index in [1.807, 2.05) is 30.3 Å². The number of halogens is 1. The molecule has 1 aliphatic rings. The third kappa shape index (κ3) is 5.12. The highest BCUT2D eigenvalue weighted by Gasteiger charge is 2.38. The lowest BCUT2D eigenvalue weighted by molar-refractivity contribution is -0.122. The summed E-state index contributed by atoms with van der Waals surface area (Å²) in [5.41, 5.74) is 1.46. The molecule has 1 saturated heterocycles. The van der Waals surface area contributed by atoms with Crippen molar-refractivity contribution in [3.63, 3.8) is 0 Å². The first-order chi connectivity index (χ1) is 16.9. The van der Waals surface area contributed by atoms with E-state index in [1.54, 1.807) is 24.3 Å². The molecule has 9 heteroatoms. The van der Waals surface area contributed by atoms with E-state index in [9.17, 15) is 14.4 Å². The van der Waals surface area contributed by atoms with Crippen LogP contribution in [0.5, 0.6) is 17.2 Å². The zero-order chi connectivity index (χ0) is 24.9. The summed E-state index contributed by atoms with van der Waals surface area (Å²) in [6, 6.07) is 18.5. The maximum Gasteiger partial charge on any atom is 0.336 e. The summed E-state index contributed by atoms with van der Waals surface area (Å²) in [7, 11) is 2.77. The van der Waals surface area contributed by atoms with Gasteiger partial charge in [0.1, 0.15) is 29.4 Å². The molecule has 0 bridgehead atoms. The highest BCUT2D eigenvalue weighted by atomic mass is 35.5. The summed E-state index contributed by atoms with van der Waals surface area (Å²) >= 11 is 6.14. The van der Waals surface area contributed by atoms with Gasteiger partial charge >= 0.3 is 6.03 Å². The number of carbonyl (C=O) groups excluding carboxylic acids is 3. The fourth-order valence-electron chi connectivity index (χ4n) is 3.46. The predicted molar refractivity (Wildman–Crippen MR) is 131 cm³/mol. The molecule has 1 aliphatic heterocycles. The van der Waals surface area contributed by atoms with E-state index in [1.165, 1.54) is 32.4 Å². The lowest BCUT2D eigenvalue weighted by Gasteiger charge is -2.28. The number of nitrogens with one attached hydrogen (secondary N) is 1. The van der Waals surface area contributed by atoms with Gasteiger partial charge in [0.25, 0.3) is 11.8 Å². The first-order valence-electron chi connectivity index (χ1n) is 10.5. The summed E-state index contributed by atoms with van der Waals surface area (Å²) in [5, 5.41) is 2.42. The molecule has 1 heterocycles. The number of hydrogen-bond acceptors (Lipinski definition) is 6. The summed E-state index contributed by atoms with van der Waals surface area (Å²) in [6.45, 7) is 0.408. The monoisotopic (exact) mass is 492 g/mol. The zero-order valence-electron chi connectivity index (χ0n) is 18.9. The Morgan fingerprint density at radius 2 is 1.60 bits per heavy atom. The fraction of sp³-hybridized carbons (Fsp3) is 0.115. The minimum atomic E-state index is -0.913. The van der Waals surface area contributed by atoms with Crippen LogP contribution in [0.4, 0.5) is 10.5 Å². The van der Waals surface area contributed by atoms with E-state index in [2.05, 4.69) is 5.32 Å². The molecule has 0 spiro atoms. The van der Waals surface area contributed by atoms with Gasteiger partial charge in [-0.3, -0.25) is 14.9 Å². The Labute approximate surface area is 206 Å². The van der Waals surface area contributed by atoms with Gasteiger partial charge in [-0.15, -0.1) is 0 Å². The zero-order valence-corrected chi connectivity index (χ0v) is 19.7. The molecule has 1 fully saturated rings. The Balaban J connectivity index is 1.59. The Morgan fingerprint density at radius 3 is 2.26 bits per heavy atom. The Hall–Kier alpha value is -4.30. The predicted octanol–water partition coefficient (Wildman–Crippen LogP) is 4.60. The van der Waals surface area contributed by atoms with E-state index in [-0.39, 0.29) is 27.8 Å². The number of barbiturate groups is 1. The van der Waals surface area contributed by atoms with E-state index < -0.39 is 17.8 Å². The molecule has 1 N–H and O–H groups in total. The van der Waals surface area contributed by atoms with Crippen LogP contribution in [0.15, 0.2) is 72.3 Å². The van der Waals surface area contributed by atoms with Gasteiger partial charge in [-0.1, -0.05) is 54.1 Å². The average Bonchev–Trinajstić information content (AvgIpc) is 2.87. The topological polar surface area (TPSA) is 94.2 Å². The third-order valence-corrected chi connectivity index (χ3v) is 5.53. The van der Waals surface area contributed by atoms with E-state index in [0.29, 0.717) is 17.9 Å². The van der Waals surface area contributed by atoms with E-state index >= 15 is 0 Å². The van der Waals surface area contributed by atoms with Gasteiger partial charge in [-0.25, -0.2) is 9.69 Å². The van der Waals surface area contributed by atoms with Crippen LogP contribution in [0.25, 0.3) is 6.08 Å². The maximum absolute atomic E-state index is 13.3. The SMILES string of the molecule is COc1cc(N2C(=O)NC(=O)C(=Cc3ccc(OCc4ccccc4)cc3)C2=O)c(OC)cc1Cl. The molecule has 3 aromatic rings. The molecular formula is C26H21ClN2O6.